The number of likely N-dealkylation sites (N-methyl/N-ethyl adjacent to an activating group) is 1. The number of ketones is 1. The molecule has 182 valence electrons. The van der Waals surface area contributed by atoms with Gasteiger partial charge in [0.1, 0.15) is 11.5 Å². The van der Waals surface area contributed by atoms with E-state index in [1.54, 1.807) is 31.2 Å². The van der Waals surface area contributed by atoms with E-state index in [1.807, 2.05) is 25.9 Å². The van der Waals surface area contributed by atoms with E-state index in [4.69, 9.17) is 21.1 Å². The number of likely N-dealkylation sites (tertiary alicyclic amines) is 1. The standard InChI is InChI=1S/C25H29ClN2O6/c1-5-33-19-10-8-16(13-17(19)26)23(30)21-22(15-7-9-18(29)20(14-15)34-6-2)28(12-11-27(3)4)25(32)24(21)31/h7-10,13-14,22,29-30H,5-6,11-12H2,1-4H3/b23-21-. The molecule has 2 aromatic rings. The van der Waals surface area contributed by atoms with E-state index >= 15 is 0 Å². The number of phenolic OH excluding ortho intramolecular Hbond substituents is 1. The molecule has 0 aromatic heterocycles. The molecule has 34 heavy (non-hydrogen) atoms. The van der Waals surface area contributed by atoms with E-state index in [0.717, 1.165) is 0 Å². The molecule has 0 radical (unpaired) electrons. The van der Waals surface area contributed by atoms with Gasteiger partial charge in [-0.2, -0.15) is 0 Å². The van der Waals surface area contributed by atoms with Crippen LogP contribution in [0.1, 0.15) is 31.0 Å². The van der Waals surface area contributed by atoms with Crippen LogP contribution >= 0.6 is 11.6 Å². The van der Waals surface area contributed by atoms with Crippen molar-refractivity contribution in [3.05, 3.63) is 58.1 Å². The summed E-state index contributed by atoms with van der Waals surface area (Å²) in [6.07, 6.45) is 0. The summed E-state index contributed by atoms with van der Waals surface area (Å²) in [5.41, 5.74) is 0.753. The Bertz CT molecular complexity index is 1110. The number of Topliss-reactive ketones (excluding diaryl/α,β-unsaturated/α-hetero) is 1. The van der Waals surface area contributed by atoms with Crippen LogP contribution in [-0.4, -0.2) is 72.1 Å². The van der Waals surface area contributed by atoms with Gasteiger partial charge in [0.15, 0.2) is 11.5 Å². The average molecular weight is 489 g/mol. The van der Waals surface area contributed by atoms with Gasteiger partial charge >= 0.3 is 0 Å². The maximum absolute atomic E-state index is 13.1. The van der Waals surface area contributed by atoms with Gasteiger partial charge in [-0.3, -0.25) is 9.59 Å². The van der Waals surface area contributed by atoms with Crippen molar-refractivity contribution in [2.45, 2.75) is 19.9 Å². The first kappa shape index (κ1) is 25.4. The van der Waals surface area contributed by atoms with Crippen molar-refractivity contribution in [3.8, 4) is 17.2 Å². The van der Waals surface area contributed by atoms with Gasteiger partial charge in [-0.05, 0) is 63.8 Å². The number of hydrogen-bond acceptors (Lipinski definition) is 7. The Balaban J connectivity index is 2.16. The lowest BCUT2D eigenvalue weighted by molar-refractivity contribution is -0.140. The third-order valence-electron chi connectivity index (χ3n) is 5.43. The molecule has 8 nitrogen and oxygen atoms in total. The Labute approximate surface area is 203 Å². The minimum absolute atomic E-state index is 0.0582. The average Bonchev–Trinajstić information content (AvgIpc) is 3.05. The lowest BCUT2D eigenvalue weighted by atomic mass is 9.95. The molecule has 1 aliphatic heterocycles. The largest absolute Gasteiger partial charge is 0.507 e. The quantitative estimate of drug-likeness (QED) is 0.314. The smallest absolute Gasteiger partial charge is 0.295 e. The predicted molar refractivity (Wildman–Crippen MR) is 129 cm³/mol. The van der Waals surface area contributed by atoms with Gasteiger partial charge in [-0.15, -0.1) is 0 Å². The lowest BCUT2D eigenvalue weighted by Crippen LogP contribution is -2.35. The van der Waals surface area contributed by atoms with Crippen molar-refractivity contribution < 1.29 is 29.3 Å². The summed E-state index contributed by atoms with van der Waals surface area (Å²) in [4.78, 5) is 29.5. The number of rotatable bonds is 9. The Kier molecular flexibility index (Phi) is 8.06. The highest BCUT2D eigenvalue weighted by atomic mass is 35.5. The molecule has 0 spiro atoms. The van der Waals surface area contributed by atoms with Crippen LogP contribution in [0.15, 0.2) is 42.0 Å². The van der Waals surface area contributed by atoms with Crippen molar-refractivity contribution in [2.75, 3.05) is 40.4 Å². The fraction of sp³-hybridized carbons (Fsp3) is 0.360. The molecule has 2 N–H and O–H groups in total. The summed E-state index contributed by atoms with van der Waals surface area (Å²) < 4.78 is 10.9. The molecule has 1 saturated heterocycles. The Morgan fingerprint density at radius 3 is 2.35 bits per heavy atom. The summed E-state index contributed by atoms with van der Waals surface area (Å²) >= 11 is 6.29. The molecule has 0 saturated carbocycles. The van der Waals surface area contributed by atoms with E-state index in [1.165, 1.54) is 17.0 Å². The molecule has 1 atom stereocenters. The van der Waals surface area contributed by atoms with Crippen molar-refractivity contribution in [1.29, 1.82) is 0 Å². The van der Waals surface area contributed by atoms with E-state index in [-0.39, 0.29) is 40.0 Å². The van der Waals surface area contributed by atoms with Crippen molar-refractivity contribution in [2.24, 2.45) is 0 Å². The van der Waals surface area contributed by atoms with Crippen LogP contribution in [0.5, 0.6) is 17.2 Å². The number of amides is 1. The monoisotopic (exact) mass is 488 g/mol. The van der Waals surface area contributed by atoms with Crippen LogP contribution in [-0.2, 0) is 9.59 Å². The highest BCUT2D eigenvalue weighted by Gasteiger charge is 2.46. The van der Waals surface area contributed by atoms with Crippen LogP contribution in [0.2, 0.25) is 5.02 Å². The van der Waals surface area contributed by atoms with E-state index in [2.05, 4.69) is 0 Å². The van der Waals surface area contributed by atoms with Gasteiger partial charge in [0.05, 0.1) is 29.9 Å². The number of nitrogens with zero attached hydrogens (tertiary/aromatic N) is 2. The van der Waals surface area contributed by atoms with E-state index < -0.39 is 17.7 Å². The van der Waals surface area contributed by atoms with Crippen LogP contribution in [0.4, 0.5) is 0 Å². The number of benzene rings is 2. The van der Waals surface area contributed by atoms with E-state index in [0.29, 0.717) is 31.1 Å². The van der Waals surface area contributed by atoms with Gasteiger partial charge in [-0.1, -0.05) is 17.7 Å². The zero-order chi connectivity index (χ0) is 25.0. The number of hydrogen-bond donors (Lipinski definition) is 2. The SMILES string of the molecule is CCOc1cc(C2/C(=C(/O)c3ccc(OCC)c(Cl)c3)C(=O)C(=O)N2CCN(C)C)ccc1O. The van der Waals surface area contributed by atoms with Gasteiger partial charge < -0.3 is 29.5 Å². The van der Waals surface area contributed by atoms with Crippen molar-refractivity contribution >= 4 is 29.1 Å². The second-order valence-corrected chi connectivity index (χ2v) is 8.44. The number of halogens is 1. The number of ether oxygens (including phenoxy) is 2. The Hall–Kier alpha value is -3.23. The molecule has 2 aromatic carbocycles. The minimum atomic E-state index is -0.870. The number of aromatic hydroxyl groups is 1. The van der Waals surface area contributed by atoms with Crippen LogP contribution in [0, 0.1) is 0 Å². The molecule has 1 unspecified atom stereocenters. The topological polar surface area (TPSA) is 99.5 Å². The minimum Gasteiger partial charge on any atom is -0.507 e. The molecular weight excluding hydrogens is 460 g/mol. The van der Waals surface area contributed by atoms with Crippen LogP contribution in [0.3, 0.4) is 0 Å². The summed E-state index contributed by atoms with van der Waals surface area (Å²) in [6, 6.07) is 8.44. The van der Waals surface area contributed by atoms with Crippen molar-refractivity contribution in [3.63, 3.8) is 0 Å². The molecule has 1 heterocycles. The molecule has 0 bridgehead atoms. The maximum Gasteiger partial charge on any atom is 0.295 e. The van der Waals surface area contributed by atoms with Gasteiger partial charge in [-0.25, -0.2) is 0 Å². The molecule has 1 fully saturated rings. The second-order valence-electron chi connectivity index (χ2n) is 8.03. The number of carbonyl (C=O) groups is 2. The normalized spacial score (nSPS) is 17.5. The summed E-state index contributed by atoms with van der Waals surface area (Å²) in [5, 5.41) is 21.6. The highest BCUT2D eigenvalue weighted by Crippen LogP contribution is 2.42. The van der Waals surface area contributed by atoms with Gasteiger partial charge in [0.2, 0.25) is 0 Å². The number of aliphatic hydroxyl groups is 1. The number of carbonyl (C=O) groups excluding carboxylic acids is 2. The molecule has 1 amide bonds. The summed E-state index contributed by atoms with van der Waals surface area (Å²) in [6.45, 7) is 5.12. The molecule has 3 rings (SSSR count). The number of aliphatic hydroxyl groups excluding tert-OH is 1. The lowest BCUT2D eigenvalue weighted by Gasteiger charge is -2.27. The van der Waals surface area contributed by atoms with E-state index in [9.17, 15) is 19.8 Å². The third kappa shape index (κ3) is 5.13. The van der Waals surface area contributed by atoms with Crippen LogP contribution < -0.4 is 9.47 Å². The fourth-order valence-electron chi connectivity index (χ4n) is 3.81. The summed E-state index contributed by atoms with van der Waals surface area (Å²) in [5.74, 6) is -1.24. The summed E-state index contributed by atoms with van der Waals surface area (Å²) in [7, 11) is 3.72. The molecule has 0 aliphatic carbocycles. The third-order valence-corrected chi connectivity index (χ3v) is 5.73. The first-order chi connectivity index (χ1) is 16.2. The molecular formula is C25H29ClN2O6. The zero-order valence-electron chi connectivity index (χ0n) is 19.7. The van der Waals surface area contributed by atoms with Crippen molar-refractivity contribution in [1.82, 2.24) is 9.80 Å². The van der Waals surface area contributed by atoms with Gasteiger partial charge in [0, 0.05) is 18.7 Å². The first-order valence-corrected chi connectivity index (χ1v) is 11.4. The predicted octanol–water partition coefficient (Wildman–Crippen LogP) is 3.83. The highest BCUT2D eigenvalue weighted by molar-refractivity contribution is 6.46. The number of phenols is 1. The first-order valence-electron chi connectivity index (χ1n) is 11.0. The maximum atomic E-state index is 13.1. The Morgan fingerprint density at radius 2 is 1.74 bits per heavy atom. The van der Waals surface area contributed by atoms with Crippen LogP contribution in [0.25, 0.3) is 5.76 Å². The molecule has 1 aliphatic rings. The second kappa shape index (κ2) is 10.8. The van der Waals surface area contributed by atoms with Gasteiger partial charge in [0.25, 0.3) is 11.7 Å². The zero-order valence-corrected chi connectivity index (χ0v) is 20.4. The molecule has 9 heteroatoms. The Morgan fingerprint density at radius 1 is 1.06 bits per heavy atom. The fourth-order valence-corrected chi connectivity index (χ4v) is 4.05.